The fourth-order valence-electron chi connectivity index (χ4n) is 5.64. The molecule has 1 N–H and O–H groups in total. The summed E-state index contributed by atoms with van der Waals surface area (Å²) in [5, 5.41) is 9.61. The number of aromatic nitrogens is 2. The van der Waals surface area contributed by atoms with E-state index in [2.05, 4.69) is 34.1 Å². The first-order valence-electron chi connectivity index (χ1n) is 14.8. The van der Waals surface area contributed by atoms with E-state index < -0.39 is 12.5 Å². The summed E-state index contributed by atoms with van der Waals surface area (Å²) in [5.41, 5.74) is 4.23. The van der Waals surface area contributed by atoms with Crippen molar-refractivity contribution in [3.8, 4) is 5.75 Å². The van der Waals surface area contributed by atoms with Gasteiger partial charge < -0.3 is 19.6 Å². The molecule has 0 spiro atoms. The molecule has 8 nitrogen and oxygen atoms in total. The minimum absolute atomic E-state index is 0.179. The van der Waals surface area contributed by atoms with Gasteiger partial charge in [-0.3, -0.25) is 9.59 Å². The zero-order valence-corrected chi connectivity index (χ0v) is 24.6. The van der Waals surface area contributed by atoms with Gasteiger partial charge in [-0.2, -0.15) is 0 Å². The minimum atomic E-state index is -1.07. The molecule has 43 heavy (non-hydrogen) atoms. The number of hydrogen-bond acceptors (Lipinski definition) is 6. The van der Waals surface area contributed by atoms with Gasteiger partial charge in [0.15, 0.2) is 0 Å². The molecule has 5 rings (SSSR count). The van der Waals surface area contributed by atoms with Crippen LogP contribution in [0, 0.1) is 5.92 Å². The van der Waals surface area contributed by atoms with Gasteiger partial charge in [0.25, 0.3) is 5.91 Å². The number of carbonyl (C=O) groups excluding carboxylic acids is 1. The van der Waals surface area contributed by atoms with E-state index in [1.165, 1.54) is 10.5 Å². The number of hydrogen-bond donors (Lipinski definition) is 1. The molecule has 0 radical (unpaired) electrons. The first kappa shape index (κ1) is 29.8. The lowest BCUT2D eigenvalue weighted by Crippen LogP contribution is -2.37. The quantitative estimate of drug-likeness (QED) is 0.239. The van der Waals surface area contributed by atoms with Crippen molar-refractivity contribution in [1.82, 2.24) is 14.9 Å². The molecule has 0 bridgehead atoms. The number of benzene rings is 3. The number of carbonyl (C=O) groups is 2. The molecule has 1 fully saturated rings. The van der Waals surface area contributed by atoms with Gasteiger partial charge in [-0.25, -0.2) is 9.97 Å². The van der Waals surface area contributed by atoms with E-state index >= 15 is 0 Å². The van der Waals surface area contributed by atoms with Crippen LogP contribution in [0.3, 0.4) is 0 Å². The van der Waals surface area contributed by atoms with E-state index in [1.54, 1.807) is 13.3 Å². The standard InChI is InChI=1S/C35H38N4O4/c1-43-30-14-8-13-27(22-30)15-16-32-31(34(42)39(25-33(40)41)24-29-11-6-3-7-12-29)23-36-35(37-32)38-19-17-28(18-20-38)21-26-9-4-2-5-10-26/h2-14,22-23,28H,15-21,24-25H2,1H3,(H,40,41). The maximum Gasteiger partial charge on any atom is 0.323 e. The molecule has 222 valence electrons. The van der Waals surface area contributed by atoms with Crippen LogP contribution in [0.2, 0.25) is 0 Å². The summed E-state index contributed by atoms with van der Waals surface area (Å²) in [6.07, 6.45) is 5.88. The first-order chi connectivity index (χ1) is 21.0. The Labute approximate surface area is 253 Å². The van der Waals surface area contributed by atoms with E-state index in [4.69, 9.17) is 9.72 Å². The smallest absolute Gasteiger partial charge is 0.323 e. The Bertz CT molecular complexity index is 1510. The topological polar surface area (TPSA) is 95.9 Å². The van der Waals surface area contributed by atoms with Gasteiger partial charge >= 0.3 is 5.97 Å². The Kier molecular flexibility index (Phi) is 10.00. The Morgan fingerprint density at radius 3 is 2.26 bits per heavy atom. The molecule has 1 aliphatic rings. The van der Waals surface area contributed by atoms with E-state index in [0.717, 1.165) is 49.2 Å². The summed E-state index contributed by atoms with van der Waals surface area (Å²) < 4.78 is 5.39. The fraction of sp³-hybridized carbons (Fsp3) is 0.314. The normalized spacial score (nSPS) is 13.5. The molecule has 2 heterocycles. The van der Waals surface area contributed by atoms with Crippen molar-refractivity contribution >= 4 is 17.8 Å². The van der Waals surface area contributed by atoms with Crippen molar-refractivity contribution in [2.75, 3.05) is 31.6 Å². The number of carboxylic acid groups (broad SMARTS) is 1. The molecule has 4 aromatic rings. The second-order valence-corrected chi connectivity index (χ2v) is 11.0. The lowest BCUT2D eigenvalue weighted by Gasteiger charge is -2.32. The average Bonchev–Trinajstić information content (AvgIpc) is 3.04. The largest absolute Gasteiger partial charge is 0.497 e. The SMILES string of the molecule is COc1cccc(CCc2nc(N3CCC(Cc4ccccc4)CC3)ncc2C(=O)N(CC(=O)O)Cc2ccccc2)c1. The Morgan fingerprint density at radius 1 is 0.907 bits per heavy atom. The summed E-state index contributed by atoms with van der Waals surface area (Å²) in [6.45, 7) is 1.45. The van der Waals surface area contributed by atoms with Crippen molar-refractivity contribution in [2.24, 2.45) is 5.92 Å². The Hall–Kier alpha value is -4.72. The van der Waals surface area contributed by atoms with Gasteiger partial charge in [-0.05, 0) is 66.8 Å². The third-order valence-corrected chi connectivity index (χ3v) is 7.96. The van der Waals surface area contributed by atoms with Crippen LogP contribution in [0.25, 0.3) is 0 Å². The van der Waals surface area contributed by atoms with Crippen LogP contribution in [0.1, 0.15) is 45.6 Å². The highest BCUT2D eigenvalue weighted by Gasteiger charge is 2.26. The summed E-state index contributed by atoms with van der Waals surface area (Å²) in [4.78, 5) is 38.8. The van der Waals surface area contributed by atoms with Gasteiger partial charge in [0, 0.05) is 25.8 Å². The van der Waals surface area contributed by atoms with Crippen LogP contribution in [-0.4, -0.2) is 58.6 Å². The van der Waals surface area contributed by atoms with Crippen LogP contribution in [0.5, 0.6) is 5.75 Å². The van der Waals surface area contributed by atoms with Gasteiger partial charge in [0.1, 0.15) is 12.3 Å². The number of ether oxygens (including phenoxy) is 1. The number of carboxylic acids is 1. The van der Waals surface area contributed by atoms with Crippen molar-refractivity contribution < 1.29 is 19.4 Å². The number of methoxy groups -OCH3 is 1. The number of nitrogens with zero attached hydrogens (tertiary/aromatic N) is 4. The predicted molar refractivity (Wildman–Crippen MR) is 166 cm³/mol. The van der Waals surface area contributed by atoms with Gasteiger partial charge in [0.2, 0.25) is 5.95 Å². The second kappa shape index (κ2) is 14.4. The molecule has 0 atom stereocenters. The number of piperidine rings is 1. The van der Waals surface area contributed by atoms with Crippen molar-refractivity contribution in [1.29, 1.82) is 0 Å². The molecule has 1 amide bonds. The summed E-state index contributed by atoms with van der Waals surface area (Å²) in [7, 11) is 1.64. The number of aryl methyl sites for hydroxylation is 2. The highest BCUT2D eigenvalue weighted by molar-refractivity contribution is 5.96. The number of anilines is 1. The highest BCUT2D eigenvalue weighted by Crippen LogP contribution is 2.25. The lowest BCUT2D eigenvalue weighted by atomic mass is 9.90. The first-order valence-corrected chi connectivity index (χ1v) is 14.8. The zero-order chi connectivity index (χ0) is 30.0. The van der Waals surface area contributed by atoms with Crippen LogP contribution < -0.4 is 9.64 Å². The molecule has 0 saturated carbocycles. The van der Waals surface area contributed by atoms with Crippen molar-refractivity contribution in [2.45, 2.75) is 38.6 Å². The third-order valence-electron chi connectivity index (χ3n) is 7.96. The van der Waals surface area contributed by atoms with E-state index in [1.807, 2.05) is 60.7 Å². The summed E-state index contributed by atoms with van der Waals surface area (Å²) in [5.74, 6) is 0.530. The third kappa shape index (κ3) is 8.19. The van der Waals surface area contributed by atoms with E-state index in [-0.39, 0.29) is 12.5 Å². The molecule has 1 aliphatic heterocycles. The second-order valence-electron chi connectivity index (χ2n) is 11.0. The lowest BCUT2D eigenvalue weighted by molar-refractivity contribution is -0.137. The average molecular weight is 579 g/mol. The zero-order valence-electron chi connectivity index (χ0n) is 24.6. The molecular formula is C35H38N4O4. The van der Waals surface area contributed by atoms with E-state index in [0.29, 0.717) is 36.0 Å². The Morgan fingerprint density at radius 2 is 1.58 bits per heavy atom. The minimum Gasteiger partial charge on any atom is -0.497 e. The van der Waals surface area contributed by atoms with Crippen LogP contribution >= 0.6 is 0 Å². The summed E-state index contributed by atoms with van der Waals surface area (Å²) >= 11 is 0. The maximum atomic E-state index is 13.9. The van der Waals surface area contributed by atoms with Crippen molar-refractivity contribution in [3.05, 3.63) is 119 Å². The molecule has 8 heteroatoms. The van der Waals surface area contributed by atoms with Crippen LogP contribution in [0.15, 0.2) is 91.1 Å². The van der Waals surface area contributed by atoms with Crippen LogP contribution in [0.4, 0.5) is 5.95 Å². The molecular weight excluding hydrogens is 540 g/mol. The molecule has 3 aromatic carbocycles. The van der Waals surface area contributed by atoms with E-state index in [9.17, 15) is 14.7 Å². The number of rotatable bonds is 12. The highest BCUT2D eigenvalue weighted by atomic mass is 16.5. The fourth-order valence-corrected chi connectivity index (χ4v) is 5.64. The number of aliphatic carboxylic acids is 1. The van der Waals surface area contributed by atoms with Gasteiger partial charge in [-0.1, -0.05) is 72.8 Å². The predicted octanol–water partition coefficient (Wildman–Crippen LogP) is 5.46. The van der Waals surface area contributed by atoms with Crippen LogP contribution in [-0.2, 0) is 30.6 Å². The monoisotopic (exact) mass is 578 g/mol. The Balaban J connectivity index is 1.37. The maximum absolute atomic E-state index is 13.9. The van der Waals surface area contributed by atoms with Gasteiger partial charge in [0.05, 0.1) is 18.4 Å². The van der Waals surface area contributed by atoms with Gasteiger partial charge in [-0.15, -0.1) is 0 Å². The molecule has 1 aromatic heterocycles. The molecule has 0 aliphatic carbocycles. The van der Waals surface area contributed by atoms with Crippen molar-refractivity contribution in [3.63, 3.8) is 0 Å². The molecule has 0 unspecified atom stereocenters. The molecule has 1 saturated heterocycles. The summed E-state index contributed by atoms with van der Waals surface area (Å²) in [6, 6.07) is 27.8. The number of amides is 1.